The Labute approximate surface area is 110 Å². The van der Waals surface area contributed by atoms with Gasteiger partial charge in [0.15, 0.2) is 0 Å². The zero-order chi connectivity index (χ0) is 12.6. The number of rotatable bonds is 2. The Morgan fingerprint density at radius 3 is 2.61 bits per heavy atom. The third-order valence-electron chi connectivity index (χ3n) is 2.89. The van der Waals surface area contributed by atoms with Gasteiger partial charge in [-0.2, -0.15) is 13.2 Å². The van der Waals surface area contributed by atoms with Gasteiger partial charge in [-0.3, -0.25) is 0 Å². The maximum atomic E-state index is 12.6. The van der Waals surface area contributed by atoms with Crippen molar-refractivity contribution in [3.8, 4) is 0 Å². The summed E-state index contributed by atoms with van der Waals surface area (Å²) in [7, 11) is 3.58. The average molecular weight is 282 g/mol. The number of alkyl halides is 3. The second-order valence-corrected chi connectivity index (χ2v) is 4.06. The molecule has 0 saturated heterocycles. The molecule has 1 aromatic carbocycles. The van der Waals surface area contributed by atoms with Gasteiger partial charge in [0.2, 0.25) is 0 Å². The zero-order valence-electron chi connectivity index (χ0n) is 10.0. The fourth-order valence-corrected chi connectivity index (χ4v) is 1.95. The lowest BCUT2D eigenvalue weighted by Crippen LogP contribution is -2.40. The van der Waals surface area contributed by atoms with Crippen molar-refractivity contribution in [3.05, 3.63) is 23.8 Å². The van der Waals surface area contributed by atoms with Gasteiger partial charge in [0.05, 0.1) is 16.9 Å². The molecule has 0 fully saturated rings. The molecule has 102 valence electrons. The Hall–Kier alpha value is -1.14. The zero-order valence-corrected chi connectivity index (χ0v) is 10.8. The second kappa shape index (κ2) is 5.24. The molecule has 0 aliphatic carbocycles. The SMILES string of the molecule is CNCC1Nc2ccc(C(F)(F)F)cc2N1C.Cl. The Bertz CT molecular complexity index is 422. The van der Waals surface area contributed by atoms with Crippen molar-refractivity contribution in [3.63, 3.8) is 0 Å². The Balaban J connectivity index is 0.00000162. The topological polar surface area (TPSA) is 27.3 Å². The first-order valence-corrected chi connectivity index (χ1v) is 5.28. The average Bonchev–Trinajstić information content (AvgIpc) is 2.55. The number of hydrogen-bond donors (Lipinski definition) is 2. The van der Waals surface area contributed by atoms with Gasteiger partial charge >= 0.3 is 6.18 Å². The first-order chi connectivity index (χ1) is 7.93. The van der Waals surface area contributed by atoms with Gasteiger partial charge in [0.25, 0.3) is 0 Å². The quantitative estimate of drug-likeness (QED) is 0.872. The Morgan fingerprint density at radius 1 is 1.39 bits per heavy atom. The van der Waals surface area contributed by atoms with Crippen LogP contribution in [0, 0.1) is 0 Å². The van der Waals surface area contributed by atoms with Crippen LogP contribution in [0.2, 0.25) is 0 Å². The van der Waals surface area contributed by atoms with Crippen molar-refractivity contribution in [2.24, 2.45) is 0 Å². The van der Waals surface area contributed by atoms with Crippen LogP contribution in [-0.2, 0) is 6.18 Å². The van der Waals surface area contributed by atoms with E-state index in [9.17, 15) is 13.2 Å². The highest BCUT2D eigenvalue weighted by molar-refractivity contribution is 5.85. The minimum atomic E-state index is -4.29. The molecule has 3 nitrogen and oxygen atoms in total. The number of hydrogen-bond acceptors (Lipinski definition) is 3. The molecule has 1 aromatic rings. The molecule has 0 spiro atoms. The molecule has 18 heavy (non-hydrogen) atoms. The Kier molecular flexibility index (Phi) is 4.34. The number of halogens is 4. The summed E-state index contributed by atoms with van der Waals surface area (Å²) >= 11 is 0. The molecular weight excluding hydrogens is 267 g/mol. The number of fused-ring (bicyclic) bond motifs is 1. The monoisotopic (exact) mass is 281 g/mol. The van der Waals surface area contributed by atoms with E-state index in [4.69, 9.17) is 0 Å². The van der Waals surface area contributed by atoms with Crippen molar-refractivity contribution in [1.82, 2.24) is 5.32 Å². The third kappa shape index (κ3) is 2.64. The lowest BCUT2D eigenvalue weighted by Gasteiger charge is -2.21. The molecule has 0 radical (unpaired) electrons. The second-order valence-electron chi connectivity index (χ2n) is 4.06. The number of likely N-dealkylation sites (N-methyl/N-ethyl adjacent to an activating group) is 2. The van der Waals surface area contributed by atoms with Crippen LogP contribution in [0.1, 0.15) is 5.56 Å². The summed E-state index contributed by atoms with van der Waals surface area (Å²) in [6.45, 7) is 0.659. The predicted molar refractivity (Wildman–Crippen MR) is 68.4 cm³/mol. The van der Waals surface area contributed by atoms with Crippen molar-refractivity contribution >= 4 is 23.8 Å². The summed E-state index contributed by atoms with van der Waals surface area (Å²) in [6.07, 6.45) is -4.31. The number of anilines is 2. The molecule has 1 aliphatic heterocycles. The van der Waals surface area contributed by atoms with Crippen LogP contribution in [0.15, 0.2) is 18.2 Å². The van der Waals surface area contributed by atoms with Gasteiger partial charge < -0.3 is 15.5 Å². The van der Waals surface area contributed by atoms with Crippen LogP contribution >= 0.6 is 12.4 Å². The van der Waals surface area contributed by atoms with E-state index in [1.807, 2.05) is 0 Å². The van der Waals surface area contributed by atoms with Gasteiger partial charge in [-0.15, -0.1) is 12.4 Å². The first kappa shape index (κ1) is 14.9. The summed E-state index contributed by atoms with van der Waals surface area (Å²) in [5.41, 5.74) is 0.704. The highest BCUT2D eigenvalue weighted by Gasteiger charge is 2.33. The minimum Gasteiger partial charge on any atom is -0.362 e. The third-order valence-corrected chi connectivity index (χ3v) is 2.89. The van der Waals surface area contributed by atoms with E-state index in [0.29, 0.717) is 12.2 Å². The van der Waals surface area contributed by atoms with Crippen LogP contribution in [0.3, 0.4) is 0 Å². The van der Waals surface area contributed by atoms with Gasteiger partial charge in [-0.1, -0.05) is 0 Å². The fourth-order valence-electron chi connectivity index (χ4n) is 1.95. The van der Waals surface area contributed by atoms with Crippen molar-refractivity contribution in [2.75, 3.05) is 30.9 Å². The molecule has 1 heterocycles. The molecule has 1 atom stereocenters. The van der Waals surface area contributed by atoms with Crippen LogP contribution in [0.4, 0.5) is 24.5 Å². The summed E-state index contributed by atoms with van der Waals surface area (Å²) in [4.78, 5) is 1.81. The van der Waals surface area contributed by atoms with E-state index >= 15 is 0 Å². The van der Waals surface area contributed by atoms with Crippen LogP contribution in [0.5, 0.6) is 0 Å². The fraction of sp³-hybridized carbons (Fsp3) is 0.455. The van der Waals surface area contributed by atoms with E-state index in [1.165, 1.54) is 12.1 Å². The highest BCUT2D eigenvalue weighted by Crippen LogP contribution is 2.38. The van der Waals surface area contributed by atoms with Gasteiger partial charge in [0.1, 0.15) is 6.17 Å². The molecule has 0 amide bonds. The minimum absolute atomic E-state index is 0. The van der Waals surface area contributed by atoms with Crippen LogP contribution in [-0.4, -0.2) is 26.8 Å². The van der Waals surface area contributed by atoms with Crippen molar-refractivity contribution in [2.45, 2.75) is 12.3 Å². The highest BCUT2D eigenvalue weighted by atomic mass is 35.5. The summed E-state index contributed by atoms with van der Waals surface area (Å²) in [6, 6.07) is 3.75. The lowest BCUT2D eigenvalue weighted by molar-refractivity contribution is -0.137. The smallest absolute Gasteiger partial charge is 0.362 e. The van der Waals surface area contributed by atoms with Crippen molar-refractivity contribution in [1.29, 1.82) is 0 Å². The van der Waals surface area contributed by atoms with Gasteiger partial charge in [0, 0.05) is 13.6 Å². The largest absolute Gasteiger partial charge is 0.416 e. The van der Waals surface area contributed by atoms with Crippen molar-refractivity contribution < 1.29 is 13.2 Å². The van der Waals surface area contributed by atoms with Gasteiger partial charge in [-0.25, -0.2) is 0 Å². The van der Waals surface area contributed by atoms with E-state index in [0.717, 1.165) is 11.8 Å². The van der Waals surface area contributed by atoms with E-state index in [-0.39, 0.29) is 18.6 Å². The number of nitrogens with zero attached hydrogens (tertiary/aromatic N) is 1. The molecule has 2 rings (SSSR count). The number of benzene rings is 1. The van der Waals surface area contributed by atoms with E-state index < -0.39 is 11.7 Å². The standard InChI is InChI=1S/C11H14F3N3.ClH/c1-15-6-10-16-8-4-3-7(11(12,13)14)5-9(8)17(10)2;/h3-5,10,15-16H,6H2,1-2H3;1H. The van der Waals surface area contributed by atoms with Gasteiger partial charge in [-0.05, 0) is 25.2 Å². The molecule has 1 aliphatic rings. The first-order valence-electron chi connectivity index (χ1n) is 5.28. The lowest BCUT2D eigenvalue weighted by atomic mass is 10.1. The maximum absolute atomic E-state index is 12.6. The molecule has 0 saturated carbocycles. The van der Waals surface area contributed by atoms with E-state index in [2.05, 4.69) is 10.6 Å². The summed E-state index contributed by atoms with van der Waals surface area (Å²) in [5.74, 6) is 0. The molecule has 7 heteroatoms. The maximum Gasteiger partial charge on any atom is 0.416 e. The Morgan fingerprint density at radius 2 is 2.06 bits per heavy atom. The molecule has 2 N–H and O–H groups in total. The molecule has 1 unspecified atom stereocenters. The number of nitrogens with one attached hydrogen (secondary N) is 2. The molecule has 0 aromatic heterocycles. The van der Waals surface area contributed by atoms with E-state index in [1.54, 1.807) is 19.0 Å². The molecular formula is C11H15ClF3N3. The van der Waals surface area contributed by atoms with Crippen LogP contribution in [0.25, 0.3) is 0 Å². The van der Waals surface area contributed by atoms with Crippen LogP contribution < -0.4 is 15.5 Å². The predicted octanol–water partition coefficient (Wildman–Crippen LogP) is 2.53. The normalized spacial score (nSPS) is 18.1. The molecule has 0 bridgehead atoms. The summed E-state index contributed by atoms with van der Waals surface area (Å²) in [5, 5.41) is 6.15. The summed E-state index contributed by atoms with van der Waals surface area (Å²) < 4.78 is 37.7.